The third-order valence-electron chi connectivity index (χ3n) is 1.95. The molecule has 19 heavy (non-hydrogen) atoms. The largest absolute Gasteiger partial charge is 0.573 e. The van der Waals surface area contributed by atoms with Gasteiger partial charge >= 0.3 is 12.3 Å². The van der Waals surface area contributed by atoms with Gasteiger partial charge < -0.3 is 15.2 Å². The SMILES string of the molecule is O=C(O)CCC(=O)Nc1ccccc1OC(F)(F)F. The maximum Gasteiger partial charge on any atom is 0.573 e. The van der Waals surface area contributed by atoms with E-state index in [0.29, 0.717) is 0 Å². The lowest BCUT2D eigenvalue weighted by Gasteiger charge is -2.13. The Balaban J connectivity index is 2.72. The molecule has 1 rings (SSSR count). The van der Waals surface area contributed by atoms with Crippen LogP contribution < -0.4 is 10.1 Å². The van der Waals surface area contributed by atoms with Crippen LogP contribution in [0.4, 0.5) is 18.9 Å². The van der Waals surface area contributed by atoms with Crippen LogP contribution in [0.3, 0.4) is 0 Å². The number of hydrogen-bond acceptors (Lipinski definition) is 3. The molecule has 0 aromatic heterocycles. The van der Waals surface area contributed by atoms with Gasteiger partial charge in [-0.15, -0.1) is 13.2 Å². The fraction of sp³-hybridized carbons (Fsp3) is 0.273. The van der Waals surface area contributed by atoms with E-state index in [4.69, 9.17) is 5.11 Å². The van der Waals surface area contributed by atoms with Crippen molar-refractivity contribution < 1.29 is 32.6 Å². The summed E-state index contributed by atoms with van der Waals surface area (Å²) in [7, 11) is 0. The van der Waals surface area contributed by atoms with Gasteiger partial charge in [-0.1, -0.05) is 12.1 Å². The van der Waals surface area contributed by atoms with Crippen molar-refractivity contribution in [3.05, 3.63) is 24.3 Å². The number of carbonyl (C=O) groups excluding carboxylic acids is 1. The summed E-state index contributed by atoms with van der Waals surface area (Å²) < 4.78 is 40.0. The number of nitrogens with one attached hydrogen (secondary N) is 1. The van der Waals surface area contributed by atoms with Crippen molar-refractivity contribution in [1.82, 2.24) is 0 Å². The number of benzene rings is 1. The predicted molar refractivity (Wildman–Crippen MR) is 58.6 cm³/mol. The van der Waals surface area contributed by atoms with Crippen molar-refractivity contribution in [2.75, 3.05) is 5.32 Å². The number of anilines is 1. The van der Waals surface area contributed by atoms with Crippen LogP contribution >= 0.6 is 0 Å². The second-order valence-electron chi connectivity index (χ2n) is 3.49. The minimum Gasteiger partial charge on any atom is -0.481 e. The Morgan fingerprint density at radius 3 is 2.42 bits per heavy atom. The van der Waals surface area contributed by atoms with E-state index in [1.165, 1.54) is 18.2 Å². The van der Waals surface area contributed by atoms with Gasteiger partial charge in [-0.05, 0) is 12.1 Å². The molecule has 1 amide bonds. The average molecular weight is 277 g/mol. The number of halogens is 3. The highest BCUT2D eigenvalue weighted by Gasteiger charge is 2.32. The Labute approximate surface area is 106 Å². The lowest BCUT2D eigenvalue weighted by atomic mass is 10.2. The van der Waals surface area contributed by atoms with Gasteiger partial charge in [-0.25, -0.2) is 0 Å². The fourth-order valence-corrected chi connectivity index (χ4v) is 1.22. The number of alkyl halides is 3. The molecule has 0 aliphatic rings. The molecule has 0 fully saturated rings. The topological polar surface area (TPSA) is 75.6 Å². The number of amides is 1. The first-order valence-electron chi connectivity index (χ1n) is 5.14. The van der Waals surface area contributed by atoms with Crippen molar-refractivity contribution >= 4 is 17.6 Å². The van der Waals surface area contributed by atoms with E-state index in [9.17, 15) is 22.8 Å². The first-order chi connectivity index (χ1) is 8.78. The molecule has 0 bridgehead atoms. The van der Waals surface area contributed by atoms with Gasteiger partial charge in [0.05, 0.1) is 12.1 Å². The predicted octanol–water partition coefficient (Wildman–Crippen LogP) is 2.39. The lowest BCUT2D eigenvalue weighted by Crippen LogP contribution is -2.19. The van der Waals surface area contributed by atoms with Gasteiger partial charge in [0.1, 0.15) is 0 Å². The van der Waals surface area contributed by atoms with E-state index in [1.807, 2.05) is 0 Å². The molecule has 0 spiro atoms. The van der Waals surface area contributed by atoms with Gasteiger partial charge in [-0.2, -0.15) is 0 Å². The van der Waals surface area contributed by atoms with Gasteiger partial charge in [-0.3, -0.25) is 9.59 Å². The van der Waals surface area contributed by atoms with Crippen LogP contribution in [0.5, 0.6) is 5.75 Å². The van der Waals surface area contributed by atoms with Crippen molar-refractivity contribution in [3.8, 4) is 5.75 Å². The Kier molecular flexibility index (Phi) is 4.74. The van der Waals surface area contributed by atoms with Crippen LogP contribution in [0, 0.1) is 0 Å². The molecule has 0 saturated carbocycles. The monoisotopic (exact) mass is 277 g/mol. The molecule has 1 aromatic rings. The number of carbonyl (C=O) groups is 2. The summed E-state index contributed by atoms with van der Waals surface area (Å²) in [6, 6.07) is 4.99. The summed E-state index contributed by atoms with van der Waals surface area (Å²) in [5.74, 6) is -2.44. The third kappa shape index (κ3) is 5.75. The molecular weight excluding hydrogens is 267 g/mol. The van der Waals surface area contributed by atoms with Crippen molar-refractivity contribution in [3.63, 3.8) is 0 Å². The van der Waals surface area contributed by atoms with E-state index in [0.717, 1.165) is 6.07 Å². The second kappa shape index (κ2) is 6.07. The number of para-hydroxylation sites is 2. The zero-order valence-electron chi connectivity index (χ0n) is 9.53. The number of hydrogen-bond donors (Lipinski definition) is 2. The molecule has 0 aliphatic heterocycles. The molecule has 0 unspecified atom stereocenters. The highest BCUT2D eigenvalue weighted by molar-refractivity contribution is 5.93. The molecule has 1 aromatic carbocycles. The third-order valence-corrected chi connectivity index (χ3v) is 1.95. The van der Waals surface area contributed by atoms with Gasteiger partial charge in [0, 0.05) is 6.42 Å². The maximum atomic E-state index is 12.1. The van der Waals surface area contributed by atoms with E-state index in [-0.39, 0.29) is 12.1 Å². The number of carboxylic acids is 1. The van der Waals surface area contributed by atoms with E-state index in [1.54, 1.807) is 0 Å². The van der Waals surface area contributed by atoms with Crippen LogP contribution in [-0.4, -0.2) is 23.3 Å². The van der Waals surface area contributed by atoms with Crippen molar-refractivity contribution in [1.29, 1.82) is 0 Å². The van der Waals surface area contributed by atoms with Crippen molar-refractivity contribution in [2.45, 2.75) is 19.2 Å². The minimum absolute atomic E-state index is 0.171. The highest BCUT2D eigenvalue weighted by atomic mass is 19.4. The number of rotatable bonds is 5. The highest BCUT2D eigenvalue weighted by Crippen LogP contribution is 2.29. The molecule has 5 nitrogen and oxygen atoms in total. The summed E-state index contributed by atoms with van der Waals surface area (Å²) in [5.41, 5.74) is -0.171. The summed E-state index contributed by atoms with van der Waals surface area (Å²) in [4.78, 5) is 21.6. The van der Waals surface area contributed by atoms with Gasteiger partial charge in [0.25, 0.3) is 0 Å². The standard InChI is InChI=1S/C11H10F3NO4/c12-11(13,14)19-8-4-2-1-3-7(8)15-9(16)5-6-10(17)18/h1-4H,5-6H2,(H,15,16)(H,17,18). The lowest BCUT2D eigenvalue weighted by molar-refractivity contribution is -0.274. The molecule has 8 heteroatoms. The van der Waals surface area contributed by atoms with Crippen LogP contribution in [0.25, 0.3) is 0 Å². The first kappa shape index (κ1) is 14.8. The molecular formula is C11H10F3NO4. The molecule has 0 aliphatic carbocycles. The quantitative estimate of drug-likeness (QED) is 0.866. The van der Waals surface area contributed by atoms with E-state index >= 15 is 0 Å². The Morgan fingerprint density at radius 2 is 1.84 bits per heavy atom. The summed E-state index contributed by atoms with van der Waals surface area (Å²) in [6.45, 7) is 0. The first-order valence-corrected chi connectivity index (χ1v) is 5.14. The van der Waals surface area contributed by atoms with Crippen molar-refractivity contribution in [2.24, 2.45) is 0 Å². The summed E-state index contributed by atoms with van der Waals surface area (Å²) >= 11 is 0. The van der Waals surface area contributed by atoms with Crippen LogP contribution in [-0.2, 0) is 9.59 Å². The average Bonchev–Trinajstić information content (AvgIpc) is 2.27. The maximum absolute atomic E-state index is 12.1. The zero-order valence-corrected chi connectivity index (χ0v) is 9.53. The smallest absolute Gasteiger partial charge is 0.481 e. The van der Waals surface area contributed by atoms with Gasteiger partial charge in [0.2, 0.25) is 5.91 Å². The van der Waals surface area contributed by atoms with Crippen LogP contribution in [0.1, 0.15) is 12.8 Å². The number of ether oxygens (including phenoxy) is 1. The van der Waals surface area contributed by atoms with E-state index in [2.05, 4.69) is 10.1 Å². The molecule has 0 heterocycles. The molecule has 0 saturated heterocycles. The minimum atomic E-state index is -4.87. The molecule has 104 valence electrons. The number of aliphatic carboxylic acids is 1. The second-order valence-corrected chi connectivity index (χ2v) is 3.49. The van der Waals surface area contributed by atoms with Crippen LogP contribution in [0.15, 0.2) is 24.3 Å². The summed E-state index contributed by atoms with van der Waals surface area (Å²) in [6.07, 6.45) is -5.62. The summed E-state index contributed by atoms with van der Waals surface area (Å²) in [5, 5.41) is 10.5. The fourth-order valence-electron chi connectivity index (χ4n) is 1.22. The Bertz CT molecular complexity index is 473. The molecule has 2 N–H and O–H groups in total. The van der Waals surface area contributed by atoms with Gasteiger partial charge in [0.15, 0.2) is 5.75 Å². The zero-order chi connectivity index (χ0) is 14.5. The normalized spacial score (nSPS) is 10.9. The molecule has 0 radical (unpaired) electrons. The number of carboxylic acid groups (broad SMARTS) is 1. The Hall–Kier alpha value is -2.25. The van der Waals surface area contributed by atoms with E-state index < -0.39 is 30.4 Å². The molecule has 0 atom stereocenters. The Morgan fingerprint density at radius 1 is 1.21 bits per heavy atom. The van der Waals surface area contributed by atoms with Crippen LogP contribution in [0.2, 0.25) is 0 Å².